The number of amides is 1. The van der Waals surface area contributed by atoms with Crippen LogP contribution >= 0.6 is 0 Å². The van der Waals surface area contributed by atoms with Crippen LogP contribution in [0.25, 0.3) is 0 Å². The van der Waals surface area contributed by atoms with Crippen LogP contribution in [0.3, 0.4) is 0 Å². The molecule has 2 N–H and O–H groups in total. The molecule has 108 valence electrons. The van der Waals surface area contributed by atoms with E-state index in [2.05, 4.69) is 9.88 Å². The van der Waals surface area contributed by atoms with Gasteiger partial charge in [-0.2, -0.15) is 0 Å². The number of carbonyl (C=O) groups is 1. The summed E-state index contributed by atoms with van der Waals surface area (Å²) in [5.41, 5.74) is 6.56. The van der Waals surface area contributed by atoms with E-state index in [0.29, 0.717) is 11.6 Å². The molecule has 0 spiro atoms. The zero-order valence-electron chi connectivity index (χ0n) is 11.6. The van der Waals surface area contributed by atoms with E-state index in [0.717, 1.165) is 25.4 Å². The lowest BCUT2D eigenvalue weighted by molar-refractivity contribution is -0.0459. The maximum Gasteiger partial charge on any atom is 0.250 e. The molecule has 20 heavy (non-hydrogen) atoms. The third-order valence-corrected chi connectivity index (χ3v) is 4.34. The van der Waals surface area contributed by atoms with Crippen LogP contribution in [-0.2, 0) is 4.74 Å². The van der Waals surface area contributed by atoms with Crippen molar-refractivity contribution < 1.29 is 9.53 Å². The standard InChI is InChI=1S/C15H21N3O2/c16-15(19)11-5-6-13(17-9-11)14-10-18(7-8-20-14)12-3-1-2-4-12/h5-6,9,12,14H,1-4,7-8,10H2,(H2,16,19). The second-order valence-electron chi connectivity index (χ2n) is 5.63. The third kappa shape index (κ3) is 2.83. The van der Waals surface area contributed by atoms with Gasteiger partial charge in [0.05, 0.1) is 17.9 Å². The van der Waals surface area contributed by atoms with E-state index >= 15 is 0 Å². The second kappa shape index (κ2) is 5.89. The van der Waals surface area contributed by atoms with Crippen LogP contribution in [0.2, 0.25) is 0 Å². The van der Waals surface area contributed by atoms with Crippen LogP contribution in [0, 0.1) is 0 Å². The average molecular weight is 275 g/mol. The van der Waals surface area contributed by atoms with Crippen molar-refractivity contribution in [3.05, 3.63) is 29.6 Å². The molecule has 2 heterocycles. The fraction of sp³-hybridized carbons (Fsp3) is 0.600. The molecule has 1 saturated heterocycles. The number of primary amides is 1. The summed E-state index contributed by atoms with van der Waals surface area (Å²) in [6, 6.07) is 4.29. The van der Waals surface area contributed by atoms with Crippen molar-refractivity contribution in [2.45, 2.75) is 37.8 Å². The topological polar surface area (TPSA) is 68.5 Å². The van der Waals surface area contributed by atoms with Crippen molar-refractivity contribution in [3.8, 4) is 0 Å². The first-order valence-electron chi connectivity index (χ1n) is 7.35. The van der Waals surface area contributed by atoms with Crippen LogP contribution in [0.15, 0.2) is 18.3 Å². The van der Waals surface area contributed by atoms with Gasteiger partial charge in [-0.1, -0.05) is 12.8 Å². The zero-order chi connectivity index (χ0) is 13.9. The van der Waals surface area contributed by atoms with Gasteiger partial charge < -0.3 is 10.5 Å². The number of hydrogen-bond acceptors (Lipinski definition) is 4. The lowest BCUT2D eigenvalue weighted by Gasteiger charge is -2.36. The van der Waals surface area contributed by atoms with Gasteiger partial charge in [0.2, 0.25) is 5.91 Å². The van der Waals surface area contributed by atoms with E-state index in [1.54, 1.807) is 6.07 Å². The number of ether oxygens (including phenoxy) is 1. The molecule has 1 amide bonds. The summed E-state index contributed by atoms with van der Waals surface area (Å²) in [6.45, 7) is 2.66. The summed E-state index contributed by atoms with van der Waals surface area (Å²) in [5, 5.41) is 0. The molecular weight excluding hydrogens is 254 g/mol. The Morgan fingerprint density at radius 2 is 2.15 bits per heavy atom. The van der Waals surface area contributed by atoms with Crippen molar-refractivity contribution in [1.29, 1.82) is 0 Å². The van der Waals surface area contributed by atoms with Crippen LogP contribution in [0.4, 0.5) is 0 Å². The molecule has 1 aliphatic heterocycles. The molecule has 1 saturated carbocycles. The Balaban J connectivity index is 1.68. The number of carbonyl (C=O) groups excluding carboxylic acids is 1. The van der Waals surface area contributed by atoms with Gasteiger partial charge in [0, 0.05) is 25.3 Å². The molecular formula is C15H21N3O2. The molecule has 1 atom stereocenters. The van der Waals surface area contributed by atoms with Crippen LogP contribution in [-0.4, -0.2) is 41.5 Å². The smallest absolute Gasteiger partial charge is 0.250 e. The number of hydrogen-bond donors (Lipinski definition) is 1. The van der Waals surface area contributed by atoms with Crippen molar-refractivity contribution >= 4 is 5.91 Å². The predicted octanol–water partition coefficient (Wildman–Crippen LogP) is 1.50. The number of aromatic nitrogens is 1. The summed E-state index contributed by atoms with van der Waals surface area (Å²) in [7, 11) is 0. The molecule has 5 heteroatoms. The van der Waals surface area contributed by atoms with Crippen molar-refractivity contribution in [2.24, 2.45) is 5.73 Å². The number of morpholine rings is 1. The van der Waals surface area contributed by atoms with Crippen molar-refractivity contribution in [2.75, 3.05) is 19.7 Å². The first kappa shape index (κ1) is 13.5. The molecule has 0 radical (unpaired) electrons. The van der Waals surface area contributed by atoms with Crippen LogP contribution in [0.1, 0.15) is 47.8 Å². The lowest BCUT2D eigenvalue weighted by atomic mass is 10.1. The Kier molecular flexibility index (Phi) is 3.98. The predicted molar refractivity (Wildman–Crippen MR) is 75.3 cm³/mol. The largest absolute Gasteiger partial charge is 0.369 e. The Hall–Kier alpha value is -1.46. The third-order valence-electron chi connectivity index (χ3n) is 4.34. The minimum Gasteiger partial charge on any atom is -0.369 e. The molecule has 0 bridgehead atoms. The van der Waals surface area contributed by atoms with Crippen LogP contribution in [0.5, 0.6) is 0 Å². The number of rotatable bonds is 3. The quantitative estimate of drug-likeness (QED) is 0.907. The van der Waals surface area contributed by atoms with Gasteiger partial charge >= 0.3 is 0 Å². The molecule has 1 unspecified atom stereocenters. The van der Waals surface area contributed by atoms with E-state index in [4.69, 9.17) is 10.5 Å². The van der Waals surface area contributed by atoms with Crippen molar-refractivity contribution in [3.63, 3.8) is 0 Å². The van der Waals surface area contributed by atoms with E-state index in [1.807, 2.05) is 6.07 Å². The second-order valence-corrected chi connectivity index (χ2v) is 5.63. The highest BCUT2D eigenvalue weighted by molar-refractivity contribution is 5.92. The molecule has 1 aliphatic carbocycles. The average Bonchev–Trinajstić information content (AvgIpc) is 3.02. The monoisotopic (exact) mass is 275 g/mol. The Morgan fingerprint density at radius 1 is 1.35 bits per heavy atom. The van der Waals surface area contributed by atoms with Gasteiger partial charge in [-0.3, -0.25) is 14.7 Å². The summed E-state index contributed by atoms with van der Waals surface area (Å²) in [6.07, 6.45) is 6.85. The molecule has 2 fully saturated rings. The Labute approximate surface area is 119 Å². The van der Waals surface area contributed by atoms with E-state index in [1.165, 1.54) is 31.9 Å². The summed E-state index contributed by atoms with van der Waals surface area (Å²) >= 11 is 0. The maximum absolute atomic E-state index is 11.1. The molecule has 0 aromatic carbocycles. The maximum atomic E-state index is 11.1. The van der Waals surface area contributed by atoms with Crippen LogP contribution < -0.4 is 5.73 Å². The molecule has 5 nitrogen and oxygen atoms in total. The number of nitrogens with two attached hydrogens (primary N) is 1. The van der Waals surface area contributed by atoms with Crippen molar-refractivity contribution in [1.82, 2.24) is 9.88 Å². The fourth-order valence-electron chi connectivity index (χ4n) is 3.19. The minimum atomic E-state index is -0.443. The summed E-state index contributed by atoms with van der Waals surface area (Å²) in [4.78, 5) is 17.9. The van der Waals surface area contributed by atoms with Gasteiger partial charge in [0.1, 0.15) is 6.10 Å². The summed E-state index contributed by atoms with van der Waals surface area (Å²) in [5.74, 6) is -0.443. The summed E-state index contributed by atoms with van der Waals surface area (Å²) < 4.78 is 5.83. The molecule has 1 aromatic rings. The van der Waals surface area contributed by atoms with E-state index < -0.39 is 5.91 Å². The Morgan fingerprint density at radius 3 is 2.80 bits per heavy atom. The normalized spacial score (nSPS) is 24.9. The first-order chi connectivity index (χ1) is 9.74. The highest BCUT2D eigenvalue weighted by Crippen LogP contribution is 2.28. The van der Waals surface area contributed by atoms with E-state index in [9.17, 15) is 4.79 Å². The number of nitrogens with zero attached hydrogens (tertiary/aromatic N) is 2. The molecule has 1 aromatic heterocycles. The van der Waals surface area contributed by atoms with E-state index in [-0.39, 0.29) is 6.10 Å². The highest BCUT2D eigenvalue weighted by Gasteiger charge is 2.29. The fourth-order valence-corrected chi connectivity index (χ4v) is 3.19. The lowest BCUT2D eigenvalue weighted by Crippen LogP contribution is -2.43. The van der Waals surface area contributed by atoms with Gasteiger partial charge in [-0.15, -0.1) is 0 Å². The first-order valence-corrected chi connectivity index (χ1v) is 7.35. The molecule has 3 rings (SSSR count). The van der Waals surface area contributed by atoms with Gasteiger partial charge in [-0.25, -0.2) is 0 Å². The van der Waals surface area contributed by atoms with Gasteiger partial charge in [-0.05, 0) is 25.0 Å². The van der Waals surface area contributed by atoms with Gasteiger partial charge in [0.25, 0.3) is 0 Å². The molecule has 2 aliphatic rings. The zero-order valence-corrected chi connectivity index (χ0v) is 11.6. The Bertz CT molecular complexity index is 469. The highest BCUT2D eigenvalue weighted by atomic mass is 16.5. The van der Waals surface area contributed by atoms with Gasteiger partial charge in [0.15, 0.2) is 0 Å². The number of pyridine rings is 1. The SMILES string of the molecule is NC(=O)c1ccc(C2CN(C3CCCC3)CCO2)nc1. The minimum absolute atomic E-state index is 0.00581.